The molecule has 0 aliphatic carbocycles. The van der Waals surface area contributed by atoms with E-state index < -0.39 is 20.8 Å². The molecule has 0 amide bonds. The molecule has 10 heteroatoms. The molecule has 0 N–H and O–H groups in total. The van der Waals surface area contributed by atoms with E-state index in [4.69, 9.17) is 11.6 Å². The normalized spacial score (nSPS) is 16.4. The first kappa shape index (κ1) is 19.7. The molecule has 0 bridgehead atoms. The van der Waals surface area contributed by atoms with Crippen LogP contribution < -0.4 is 0 Å². The molecule has 1 aliphatic rings. The fourth-order valence-corrected chi connectivity index (χ4v) is 4.59. The van der Waals surface area contributed by atoms with Gasteiger partial charge in [0.2, 0.25) is 10.0 Å². The van der Waals surface area contributed by atoms with Gasteiger partial charge in [0.05, 0.1) is 14.8 Å². The quantitative estimate of drug-likeness (QED) is 0.556. The summed E-state index contributed by atoms with van der Waals surface area (Å²) in [4.78, 5) is 12.3. The monoisotopic (exact) mass is 413 g/mol. The molecule has 1 saturated heterocycles. The summed E-state index contributed by atoms with van der Waals surface area (Å²) >= 11 is 5.69. The lowest BCUT2D eigenvalue weighted by molar-refractivity contribution is -0.384. The highest BCUT2D eigenvalue weighted by Crippen LogP contribution is 2.23. The first-order valence-corrected chi connectivity index (χ1v) is 10.00. The lowest BCUT2D eigenvalue weighted by Gasteiger charge is -2.34. The zero-order valence-electron chi connectivity index (χ0n) is 14.2. The van der Waals surface area contributed by atoms with Crippen LogP contribution in [0.15, 0.2) is 47.4 Å². The third-order valence-electron chi connectivity index (χ3n) is 4.41. The first-order chi connectivity index (χ1) is 12.8. The molecular formula is C17H17ClFN3O4S. The summed E-state index contributed by atoms with van der Waals surface area (Å²) in [6, 6.07) is 9.67. The standard InChI is InChI=1S/C17H17ClFN3O4S/c18-16-11-15(5-6-17(16)19)27(25,26)21-9-7-20(8-10-21)12-13-1-3-14(4-2-13)22(23)24/h1-6,11H,7-10,12H2. The van der Waals surface area contributed by atoms with E-state index >= 15 is 0 Å². The maximum atomic E-state index is 13.3. The van der Waals surface area contributed by atoms with Crippen LogP contribution in [0.1, 0.15) is 5.56 Å². The predicted octanol–water partition coefficient (Wildman–Crippen LogP) is 2.89. The maximum absolute atomic E-state index is 13.3. The minimum Gasteiger partial charge on any atom is -0.296 e. The minimum atomic E-state index is -3.73. The summed E-state index contributed by atoms with van der Waals surface area (Å²) in [5, 5.41) is 10.5. The van der Waals surface area contributed by atoms with Gasteiger partial charge in [0.1, 0.15) is 5.82 Å². The molecule has 2 aromatic rings. The van der Waals surface area contributed by atoms with Crippen LogP contribution in [0.2, 0.25) is 5.02 Å². The summed E-state index contributed by atoms with van der Waals surface area (Å²) in [6.07, 6.45) is 0. The van der Waals surface area contributed by atoms with Crippen LogP contribution in [0.3, 0.4) is 0 Å². The number of nitro groups is 1. The summed E-state index contributed by atoms with van der Waals surface area (Å²) in [5.74, 6) is -0.663. The van der Waals surface area contributed by atoms with Crippen molar-refractivity contribution in [2.75, 3.05) is 26.2 Å². The van der Waals surface area contributed by atoms with Crippen LogP contribution in [0.5, 0.6) is 0 Å². The van der Waals surface area contributed by atoms with Gasteiger partial charge in [0.15, 0.2) is 0 Å². The number of non-ortho nitro benzene ring substituents is 1. The molecule has 7 nitrogen and oxygen atoms in total. The van der Waals surface area contributed by atoms with Crippen LogP contribution in [-0.4, -0.2) is 48.7 Å². The van der Waals surface area contributed by atoms with Crippen molar-refractivity contribution in [2.45, 2.75) is 11.4 Å². The number of hydrogen-bond acceptors (Lipinski definition) is 5. The van der Waals surface area contributed by atoms with E-state index in [0.717, 1.165) is 17.7 Å². The first-order valence-electron chi connectivity index (χ1n) is 8.18. The number of nitro benzene ring substituents is 1. The largest absolute Gasteiger partial charge is 0.296 e. The van der Waals surface area contributed by atoms with Gasteiger partial charge in [0, 0.05) is 44.9 Å². The zero-order chi connectivity index (χ0) is 19.6. The third kappa shape index (κ3) is 4.44. The van der Waals surface area contributed by atoms with Crippen molar-refractivity contribution in [1.29, 1.82) is 0 Å². The van der Waals surface area contributed by atoms with E-state index in [9.17, 15) is 22.9 Å². The maximum Gasteiger partial charge on any atom is 0.269 e. The van der Waals surface area contributed by atoms with Gasteiger partial charge < -0.3 is 0 Å². The number of halogens is 2. The predicted molar refractivity (Wildman–Crippen MR) is 98.5 cm³/mol. The summed E-state index contributed by atoms with van der Waals surface area (Å²) < 4.78 is 40.0. The number of nitrogens with zero attached hydrogens (tertiary/aromatic N) is 3. The Morgan fingerprint density at radius 2 is 1.70 bits per heavy atom. The van der Waals surface area contributed by atoms with Gasteiger partial charge in [0.25, 0.3) is 5.69 Å². The Bertz CT molecular complexity index is 945. The van der Waals surface area contributed by atoms with Gasteiger partial charge >= 0.3 is 0 Å². The average Bonchev–Trinajstić information content (AvgIpc) is 2.65. The molecule has 0 saturated carbocycles. The molecule has 2 aromatic carbocycles. The second kappa shape index (κ2) is 7.89. The number of piperazine rings is 1. The summed E-state index contributed by atoms with van der Waals surface area (Å²) in [7, 11) is -3.73. The Labute approximate surface area is 161 Å². The molecule has 1 heterocycles. The van der Waals surface area contributed by atoms with E-state index in [1.165, 1.54) is 22.5 Å². The topological polar surface area (TPSA) is 83.8 Å². The van der Waals surface area contributed by atoms with Crippen LogP contribution in [0, 0.1) is 15.9 Å². The third-order valence-corrected chi connectivity index (χ3v) is 6.60. The Morgan fingerprint density at radius 1 is 1.07 bits per heavy atom. The fourth-order valence-electron chi connectivity index (χ4n) is 2.90. The molecule has 1 fully saturated rings. The Hall–Kier alpha value is -2.07. The van der Waals surface area contributed by atoms with Crippen molar-refractivity contribution in [1.82, 2.24) is 9.21 Å². The van der Waals surface area contributed by atoms with E-state index in [0.29, 0.717) is 32.7 Å². The summed E-state index contributed by atoms with van der Waals surface area (Å²) in [5.41, 5.74) is 0.954. The number of sulfonamides is 1. The van der Waals surface area contributed by atoms with Gasteiger partial charge in [-0.05, 0) is 23.8 Å². The smallest absolute Gasteiger partial charge is 0.269 e. The van der Waals surface area contributed by atoms with Crippen LogP contribution in [0.25, 0.3) is 0 Å². The second-order valence-electron chi connectivity index (χ2n) is 6.18. The lowest BCUT2D eigenvalue weighted by Crippen LogP contribution is -2.48. The van der Waals surface area contributed by atoms with Crippen molar-refractivity contribution in [3.63, 3.8) is 0 Å². The van der Waals surface area contributed by atoms with E-state index in [1.54, 1.807) is 12.1 Å². The number of benzene rings is 2. The van der Waals surface area contributed by atoms with Crippen molar-refractivity contribution < 1.29 is 17.7 Å². The van der Waals surface area contributed by atoms with E-state index in [1.807, 2.05) is 0 Å². The van der Waals surface area contributed by atoms with Crippen molar-refractivity contribution in [2.24, 2.45) is 0 Å². The fraction of sp³-hybridized carbons (Fsp3) is 0.294. The molecule has 0 radical (unpaired) electrons. The highest BCUT2D eigenvalue weighted by molar-refractivity contribution is 7.89. The Morgan fingerprint density at radius 3 is 2.26 bits per heavy atom. The lowest BCUT2D eigenvalue weighted by atomic mass is 10.2. The molecule has 0 unspecified atom stereocenters. The van der Waals surface area contributed by atoms with Crippen molar-refractivity contribution >= 4 is 27.3 Å². The highest BCUT2D eigenvalue weighted by atomic mass is 35.5. The molecule has 3 rings (SSSR count). The molecule has 144 valence electrons. The molecule has 0 aromatic heterocycles. The summed E-state index contributed by atoms with van der Waals surface area (Å²) in [6.45, 7) is 2.21. The molecule has 0 spiro atoms. The highest BCUT2D eigenvalue weighted by Gasteiger charge is 2.29. The van der Waals surface area contributed by atoms with Gasteiger partial charge in [-0.1, -0.05) is 23.7 Å². The van der Waals surface area contributed by atoms with E-state index in [2.05, 4.69) is 4.90 Å². The SMILES string of the molecule is O=[N+]([O-])c1ccc(CN2CCN(S(=O)(=O)c3ccc(F)c(Cl)c3)CC2)cc1. The molecule has 1 aliphatic heterocycles. The van der Waals surface area contributed by atoms with Crippen LogP contribution in [-0.2, 0) is 16.6 Å². The van der Waals surface area contributed by atoms with Crippen LogP contribution >= 0.6 is 11.6 Å². The minimum absolute atomic E-state index is 0.0299. The van der Waals surface area contributed by atoms with Crippen LogP contribution in [0.4, 0.5) is 10.1 Å². The van der Waals surface area contributed by atoms with Gasteiger partial charge in [-0.2, -0.15) is 4.31 Å². The molecule has 27 heavy (non-hydrogen) atoms. The van der Waals surface area contributed by atoms with Gasteiger partial charge in [-0.3, -0.25) is 15.0 Å². The van der Waals surface area contributed by atoms with Crippen molar-refractivity contribution in [3.05, 3.63) is 69.0 Å². The zero-order valence-corrected chi connectivity index (χ0v) is 15.8. The molecular weight excluding hydrogens is 397 g/mol. The average molecular weight is 414 g/mol. The van der Waals surface area contributed by atoms with Crippen molar-refractivity contribution in [3.8, 4) is 0 Å². The van der Waals surface area contributed by atoms with E-state index in [-0.39, 0.29) is 15.6 Å². The molecule has 0 atom stereocenters. The Kier molecular flexibility index (Phi) is 5.75. The second-order valence-corrected chi connectivity index (χ2v) is 8.52. The van der Waals surface area contributed by atoms with Gasteiger partial charge in [-0.25, -0.2) is 12.8 Å². The Balaban J connectivity index is 1.62. The number of rotatable bonds is 5. The van der Waals surface area contributed by atoms with Gasteiger partial charge in [-0.15, -0.1) is 0 Å². The number of hydrogen-bond donors (Lipinski definition) is 0.